The molecule has 0 saturated heterocycles. The predicted molar refractivity (Wildman–Crippen MR) is 148 cm³/mol. The second kappa shape index (κ2) is 9.59. The van der Waals surface area contributed by atoms with Crippen molar-refractivity contribution in [3.05, 3.63) is 101 Å². The van der Waals surface area contributed by atoms with Gasteiger partial charge in [0, 0.05) is 5.56 Å². The van der Waals surface area contributed by atoms with E-state index >= 15 is 4.39 Å². The maximum atomic E-state index is 15.6. The van der Waals surface area contributed by atoms with Crippen LogP contribution in [0.2, 0.25) is 0 Å². The lowest BCUT2D eigenvalue weighted by atomic mass is 10.0. The molecule has 3 aromatic heterocycles. The molecule has 3 aromatic carbocycles. The minimum atomic E-state index is -0.811. The number of aromatic nitrogens is 6. The number of nitrogens with zero attached hydrogens (tertiary/aromatic N) is 7. The standard InChI is InChI=1S/C29H21FN8O2/c1-16(27-35-21-11-7-6-10-18(21)29(39)37(27)17-8-4-3-5-9-17)38-28-23(26(32)33-15-34-28)25(36-38)19-12-13-22(40-2)20(14-31)24(19)30/h3-13,15-16H,1-2H3,(H2,32,33,34). The van der Waals surface area contributed by atoms with Crippen LogP contribution in [0.4, 0.5) is 10.2 Å². The summed E-state index contributed by atoms with van der Waals surface area (Å²) >= 11 is 0. The van der Waals surface area contributed by atoms with Gasteiger partial charge in [-0.25, -0.2) is 24.0 Å². The van der Waals surface area contributed by atoms with Gasteiger partial charge in [0.2, 0.25) is 0 Å². The summed E-state index contributed by atoms with van der Waals surface area (Å²) in [5.41, 5.74) is 7.37. The summed E-state index contributed by atoms with van der Waals surface area (Å²) in [6, 6.07) is 20.4. The molecule has 10 nitrogen and oxygen atoms in total. The van der Waals surface area contributed by atoms with Crippen molar-refractivity contribution < 1.29 is 9.13 Å². The molecule has 0 bridgehead atoms. The summed E-state index contributed by atoms with van der Waals surface area (Å²) < 4.78 is 23.8. The third-order valence-electron chi connectivity index (χ3n) is 6.77. The number of hydrogen-bond acceptors (Lipinski definition) is 8. The minimum Gasteiger partial charge on any atom is -0.495 e. The Bertz CT molecular complexity index is 2030. The van der Waals surface area contributed by atoms with Crippen molar-refractivity contribution in [1.29, 1.82) is 5.26 Å². The van der Waals surface area contributed by atoms with Crippen molar-refractivity contribution in [1.82, 2.24) is 29.3 Å². The van der Waals surface area contributed by atoms with E-state index in [4.69, 9.17) is 20.6 Å². The van der Waals surface area contributed by atoms with Crippen molar-refractivity contribution in [3.63, 3.8) is 0 Å². The van der Waals surface area contributed by atoms with E-state index < -0.39 is 11.9 Å². The molecular formula is C29H21FN8O2. The van der Waals surface area contributed by atoms with Gasteiger partial charge in [-0.3, -0.25) is 9.36 Å². The summed E-state index contributed by atoms with van der Waals surface area (Å²) in [5, 5.41) is 15.1. The third-order valence-corrected chi connectivity index (χ3v) is 6.77. The maximum absolute atomic E-state index is 15.6. The zero-order chi connectivity index (χ0) is 28.0. The van der Waals surface area contributed by atoms with Crippen molar-refractivity contribution in [2.45, 2.75) is 13.0 Å². The SMILES string of the molecule is COc1ccc(-c2nn(C(C)c3nc4ccccc4c(=O)n3-c3ccccc3)c3ncnc(N)c23)c(F)c1C#N. The second-order valence-electron chi connectivity index (χ2n) is 9.01. The molecule has 0 spiro atoms. The van der Waals surface area contributed by atoms with Gasteiger partial charge in [-0.2, -0.15) is 10.4 Å². The highest BCUT2D eigenvalue weighted by Gasteiger charge is 2.27. The largest absolute Gasteiger partial charge is 0.495 e. The highest BCUT2D eigenvalue weighted by atomic mass is 19.1. The number of hydrogen-bond donors (Lipinski definition) is 1. The van der Waals surface area contributed by atoms with Crippen LogP contribution in [0.5, 0.6) is 5.75 Å². The summed E-state index contributed by atoms with van der Waals surface area (Å²) in [4.78, 5) is 27.1. The van der Waals surface area contributed by atoms with Crippen LogP contribution in [0.25, 0.3) is 38.9 Å². The van der Waals surface area contributed by atoms with Crippen LogP contribution in [0.15, 0.2) is 77.9 Å². The summed E-state index contributed by atoms with van der Waals surface area (Å²) in [6.07, 6.45) is 1.29. The molecule has 0 aliphatic carbocycles. The quantitative estimate of drug-likeness (QED) is 0.345. The van der Waals surface area contributed by atoms with Crippen LogP contribution in [0, 0.1) is 17.1 Å². The average Bonchev–Trinajstić information content (AvgIpc) is 3.37. The molecule has 40 heavy (non-hydrogen) atoms. The zero-order valence-electron chi connectivity index (χ0n) is 21.4. The number of methoxy groups -OCH3 is 1. The topological polar surface area (TPSA) is 138 Å². The number of anilines is 1. The third kappa shape index (κ3) is 3.73. The number of nitrogen functional groups attached to an aromatic ring is 1. The number of ether oxygens (including phenoxy) is 1. The van der Waals surface area contributed by atoms with Crippen LogP contribution >= 0.6 is 0 Å². The Labute approximate surface area is 226 Å². The Kier molecular flexibility index (Phi) is 5.92. The number of fused-ring (bicyclic) bond motifs is 2. The zero-order valence-corrected chi connectivity index (χ0v) is 21.4. The normalized spacial score (nSPS) is 11.9. The number of nitrogens with two attached hydrogens (primary N) is 1. The van der Waals surface area contributed by atoms with Gasteiger partial charge in [-0.05, 0) is 43.3 Å². The molecule has 3 heterocycles. The predicted octanol–water partition coefficient (Wildman–Crippen LogP) is 4.40. The lowest BCUT2D eigenvalue weighted by Crippen LogP contribution is -2.27. The van der Waals surface area contributed by atoms with E-state index in [2.05, 4.69) is 9.97 Å². The number of halogens is 1. The van der Waals surface area contributed by atoms with Crippen LogP contribution in [0.1, 0.15) is 24.4 Å². The molecule has 11 heteroatoms. The molecule has 0 aliphatic rings. The van der Waals surface area contributed by atoms with Gasteiger partial charge in [-0.15, -0.1) is 0 Å². The van der Waals surface area contributed by atoms with E-state index in [-0.39, 0.29) is 33.9 Å². The highest BCUT2D eigenvalue weighted by molar-refractivity contribution is 5.98. The van der Waals surface area contributed by atoms with Crippen molar-refractivity contribution in [3.8, 4) is 28.8 Å². The molecule has 1 atom stereocenters. The van der Waals surface area contributed by atoms with Gasteiger partial charge < -0.3 is 10.5 Å². The van der Waals surface area contributed by atoms with E-state index in [1.165, 1.54) is 34.8 Å². The average molecular weight is 533 g/mol. The first-order valence-electron chi connectivity index (χ1n) is 12.3. The number of nitriles is 1. The molecule has 0 radical (unpaired) electrons. The molecule has 6 rings (SSSR count). The number of para-hydroxylation sites is 2. The van der Waals surface area contributed by atoms with Crippen LogP contribution in [0.3, 0.4) is 0 Å². The Morgan fingerprint density at radius 2 is 1.80 bits per heavy atom. The lowest BCUT2D eigenvalue weighted by molar-refractivity contribution is 0.410. The van der Waals surface area contributed by atoms with Gasteiger partial charge in [0.1, 0.15) is 47.1 Å². The first-order valence-corrected chi connectivity index (χ1v) is 12.3. The Balaban J connectivity index is 1.64. The van der Waals surface area contributed by atoms with Gasteiger partial charge in [0.15, 0.2) is 11.5 Å². The van der Waals surface area contributed by atoms with E-state index in [1.807, 2.05) is 49.4 Å². The number of benzene rings is 3. The molecule has 196 valence electrons. The van der Waals surface area contributed by atoms with E-state index in [0.717, 1.165) is 0 Å². The van der Waals surface area contributed by atoms with E-state index in [0.29, 0.717) is 33.4 Å². The fraction of sp³-hybridized carbons (Fsp3) is 0.103. The van der Waals surface area contributed by atoms with Crippen molar-refractivity contribution >= 4 is 27.8 Å². The van der Waals surface area contributed by atoms with E-state index in [1.54, 1.807) is 18.2 Å². The van der Waals surface area contributed by atoms with E-state index in [9.17, 15) is 10.1 Å². The summed E-state index contributed by atoms with van der Waals surface area (Å²) in [6.45, 7) is 1.82. The van der Waals surface area contributed by atoms with Crippen LogP contribution in [-0.4, -0.2) is 36.4 Å². The van der Waals surface area contributed by atoms with Crippen LogP contribution < -0.4 is 16.0 Å². The second-order valence-corrected chi connectivity index (χ2v) is 9.01. The first-order chi connectivity index (χ1) is 19.4. The minimum absolute atomic E-state index is 0.0294. The maximum Gasteiger partial charge on any atom is 0.266 e. The summed E-state index contributed by atoms with van der Waals surface area (Å²) in [5.74, 6) is -0.248. The van der Waals surface area contributed by atoms with Crippen molar-refractivity contribution in [2.24, 2.45) is 0 Å². The van der Waals surface area contributed by atoms with Gasteiger partial charge >= 0.3 is 0 Å². The Morgan fingerprint density at radius 3 is 2.55 bits per heavy atom. The lowest BCUT2D eigenvalue weighted by Gasteiger charge is -2.19. The molecule has 2 N–H and O–H groups in total. The van der Waals surface area contributed by atoms with Gasteiger partial charge in [0.05, 0.1) is 29.1 Å². The van der Waals surface area contributed by atoms with Crippen LogP contribution in [-0.2, 0) is 0 Å². The highest BCUT2D eigenvalue weighted by Crippen LogP contribution is 2.37. The first kappa shape index (κ1) is 24.7. The molecule has 0 aliphatic heterocycles. The monoisotopic (exact) mass is 532 g/mol. The smallest absolute Gasteiger partial charge is 0.266 e. The molecule has 1 unspecified atom stereocenters. The summed E-state index contributed by atoms with van der Waals surface area (Å²) in [7, 11) is 1.36. The Hall–Kier alpha value is -5.63. The fourth-order valence-corrected chi connectivity index (χ4v) is 4.84. The number of rotatable bonds is 5. The molecule has 0 fully saturated rings. The molecule has 6 aromatic rings. The molecule has 0 amide bonds. The van der Waals surface area contributed by atoms with Crippen molar-refractivity contribution in [2.75, 3.05) is 12.8 Å². The molecular weight excluding hydrogens is 511 g/mol. The van der Waals surface area contributed by atoms with Gasteiger partial charge in [-0.1, -0.05) is 30.3 Å². The van der Waals surface area contributed by atoms with Gasteiger partial charge in [0.25, 0.3) is 5.56 Å². The fourth-order valence-electron chi connectivity index (χ4n) is 4.84. The molecule has 0 saturated carbocycles. The Morgan fingerprint density at radius 1 is 1.05 bits per heavy atom.